The molecule has 2 rings (SSSR count). The Balaban J connectivity index is 2.13. The van der Waals surface area contributed by atoms with E-state index in [1.165, 1.54) is 19.1 Å². The van der Waals surface area contributed by atoms with Gasteiger partial charge in [0.05, 0.1) is 5.69 Å². The van der Waals surface area contributed by atoms with Gasteiger partial charge in [-0.15, -0.1) is 0 Å². The normalized spacial score (nSPS) is 9.95. The van der Waals surface area contributed by atoms with E-state index >= 15 is 0 Å². The average Bonchev–Trinajstić information content (AvgIpc) is 2.38. The first-order chi connectivity index (χ1) is 9.15. The van der Waals surface area contributed by atoms with Crippen LogP contribution in [0.1, 0.15) is 12.5 Å². The molecule has 0 bridgehead atoms. The summed E-state index contributed by atoms with van der Waals surface area (Å²) in [5.41, 5.74) is 1.49. The number of amides is 1. The second-order valence-electron chi connectivity index (χ2n) is 4.14. The van der Waals surface area contributed by atoms with Crippen LogP contribution in [0.5, 0.6) is 11.5 Å². The monoisotopic (exact) mass is 257 g/mol. The second kappa shape index (κ2) is 5.91. The molecule has 2 aromatic rings. The lowest BCUT2D eigenvalue weighted by Crippen LogP contribution is -2.07. The largest absolute Gasteiger partial charge is 0.508 e. The van der Waals surface area contributed by atoms with E-state index in [4.69, 9.17) is 4.74 Å². The minimum atomic E-state index is -0.213. The van der Waals surface area contributed by atoms with Crippen LogP contribution in [-0.4, -0.2) is 11.0 Å². The summed E-state index contributed by atoms with van der Waals surface area (Å²) in [5.74, 6) is 0.392. The van der Waals surface area contributed by atoms with Crippen molar-refractivity contribution in [2.24, 2.45) is 0 Å². The first-order valence-electron chi connectivity index (χ1n) is 5.92. The molecule has 98 valence electrons. The summed E-state index contributed by atoms with van der Waals surface area (Å²) < 4.78 is 5.65. The van der Waals surface area contributed by atoms with Crippen LogP contribution in [0.25, 0.3) is 0 Å². The number of phenolic OH excluding ortho intramolecular Hbond substituents is 1. The zero-order valence-corrected chi connectivity index (χ0v) is 10.6. The zero-order valence-electron chi connectivity index (χ0n) is 10.6. The molecule has 2 N–H and O–H groups in total. The van der Waals surface area contributed by atoms with E-state index in [0.717, 1.165) is 5.56 Å². The first-order valence-corrected chi connectivity index (χ1v) is 5.92. The Morgan fingerprint density at radius 1 is 1.21 bits per heavy atom. The molecule has 0 saturated carbocycles. The summed E-state index contributed by atoms with van der Waals surface area (Å²) in [5, 5.41) is 12.1. The molecule has 0 radical (unpaired) electrons. The number of phenols is 1. The smallest absolute Gasteiger partial charge is 0.221 e. The molecule has 2 aromatic carbocycles. The number of rotatable bonds is 4. The minimum absolute atomic E-state index is 0.0795. The molecule has 0 atom stereocenters. The lowest BCUT2D eigenvalue weighted by atomic mass is 10.2. The molecule has 1 amide bonds. The predicted octanol–water partition coefficient (Wildman–Crippen LogP) is 2.93. The van der Waals surface area contributed by atoms with Gasteiger partial charge in [0.25, 0.3) is 0 Å². The maximum absolute atomic E-state index is 11.1. The second-order valence-corrected chi connectivity index (χ2v) is 4.14. The molecule has 0 heterocycles. The Morgan fingerprint density at radius 3 is 2.63 bits per heavy atom. The quantitative estimate of drug-likeness (QED) is 0.885. The number of aromatic hydroxyl groups is 1. The van der Waals surface area contributed by atoms with Crippen LogP contribution < -0.4 is 10.1 Å². The third-order valence-corrected chi connectivity index (χ3v) is 2.51. The number of anilines is 1. The number of benzene rings is 2. The van der Waals surface area contributed by atoms with Crippen molar-refractivity contribution >= 4 is 11.6 Å². The summed E-state index contributed by atoms with van der Waals surface area (Å²) in [6.45, 7) is 1.81. The summed E-state index contributed by atoms with van der Waals surface area (Å²) in [6.07, 6.45) is 0. The fourth-order valence-corrected chi connectivity index (χ4v) is 1.67. The zero-order chi connectivity index (χ0) is 13.7. The maximum atomic E-state index is 11.1. The summed E-state index contributed by atoms with van der Waals surface area (Å²) in [6, 6.07) is 14.3. The van der Waals surface area contributed by atoms with E-state index in [-0.39, 0.29) is 11.7 Å². The number of hydrogen-bond acceptors (Lipinski definition) is 3. The van der Waals surface area contributed by atoms with E-state index in [2.05, 4.69) is 5.32 Å². The molecule has 4 nitrogen and oxygen atoms in total. The Morgan fingerprint density at radius 2 is 1.95 bits per heavy atom. The Hall–Kier alpha value is -2.49. The van der Waals surface area contributed by atoms with Crippen LogP contribution >= 0.6 is 0 Å². The molecule has 0 fully saturated rings. The number of ether oxygens (including phenoxy) is 1. The highest BCUT2D eigenvalue weighted by Crippen LogP contribution is 2.29. The fraction of sp³-hybridized carbons (Fsp3) is 0.133. The van der Waals surface area contributed by atoms with Crippen LogP contribution in [0, 0.1) is 0 Å². The van der Waals surface area contributed by atoms with Gasteiger partial charge >= 0.3 is 0 Å². The lowest BCUT2D eigenvalue weighted by molar-refractivity contribution is -0.114. The van der Waals surface area contributed by atoms with Crippen molar-refractivity contribution < 1.29 is 14.6 Å². The molecule has 0 unspecified atom stereocenters. The van der Waals surface area contributed by atoms with Gasteiger partial charge in [-0.3, -0.25) is 4.79 Å². The molecule has 0 saturated heterocycles. The topological polar surface area (TPSA) is 58.6 Å². The Bertz CT molecular complexity index is 567. The number of carbonyl (C=O) groups excluding carboxylic acids is 1. The molecule has 0 aliphatic heterocycles. The molecule has 0 aliphatic rings. The highest BCUT2D eigenvalue weighted by atomic mass is 16.5. The molecule has 4 heteroatoms. The van der Waals surface area contributed by atoms with Crippen LogP contribution in [0.3, 0.4) is 0 Å². The van der Waals surface area contributed by atoms with Crippen LogP contribution in [0.15, 0.2) is 48.5 Å². The Kier molecular flexibility index (Phi) is 4.03. The van der Waals surface area contributed by atoms with Crippen LogP contribution in [-0.2, 0) is 11.4 Å². The van der Waals surface area contributed by atoms with Gasteiger partial charge in [0.1, 0.15) is 18.1 Å². The third kappa shape index (κ3) is 3.74. The standard InChI is InChI=1S/C15H15NO3/c1-11(17)16-14-9-13(18)7-8-15(14)19-10-12-5-3-2-4-6-12/h2-9,18H,10H2,1H3,(H,16,17). The van der Waals surface area contributed by atoms with Crippen LogP contribution in [0.2, 0.25) is 0 Å². The SMILES string of the molecule is CC(=O)Nc1cc(O)ccc1OCc1ccccc1. The summed E-state index contributed by atoms with van der Waals surface area (Å²) >= 11 is 0. The van der Waals surface area contributed by atoms with E-state index in [1.54, 1.807) is 6.07 Å². The number of hydrogen-bond donors (Lipinski definition) is 2. The predicted molar refractivity (Wildman–Crippen MR) is 73.2 cm³/mol. The van der Waals surface area contributed by atoms with Gasteiger partial charge in [-0.1, -0.05) is 30.3 Å². The molecular weight excluding hydrogens is 242 g/mol. The third-order valence-electron chi connectivity index (χ3n) is 2.51. The van der Waals surface area contributed by atoms with E-state index < -0.39 is 0 Å². The van der Waals surface area contributed by atoms with Crippen LogP contribution in [0.4, 0.5) is 5.69 Å². The van der Waals surface area contributed by atoms with E-state index in [0.29, 0.717) is 18.0 Å². The fourth-order valence-electron chi connectivity index (χ4n) is 1.67. The highest BCUT2D eigenvalue weighted by molar-refractivity contribution is 5.90. The summed E-state index contributed by atoms with van der Waals surface area (Å²) in [4.78, 5) is 11.1. The van der Waals surface area contributed by atoms with Crippen molar-refractivity contribution in [2.75, 3.05) is 5.32 Å². The van der Waals surface area contributed by atoms with Crippen molar-refractivity contribution in [1.82, 2.24) is 0 Å². The van der Waals surface area contributed by atoms with Gasteiger partial charge in [-0.2, -0.15) is 0 Å². The maximum Gasteiger partial charge on any atom is 0.221 e. The lowest BCUT2D eigenvalue weighted by Gasteiger charge is -2.12. The van der Waals surface area contributed by atoms with Gasteiger partial charge in [-0.05, 0) is 17.7 Å². The molecule has 0 aromatic heterocycles. The first kappa shape index (κ1) is 13.0. The van der Waals surface area contributed by atoms with Crippen molar-refractivity contribution in [2.45, 2.75) is 13.5 Å². The van der Waals surface area contributed by atoms with Gasteiger partial charge in [0.2, 0.25) is 5.91 Å². The van der Waals surface area contributed by atoms with Gasteiger partial charge in [0, 0.05) is 13.0 Å². The van der Waals surface area contributed by atoms with Crippen molar-refractivity contribution in [3.63, 3.8) is 0 Å². The van der Waals surface area contributed by atoms with Gasteiger partial charge < -0.3 is 15.2 Å². The van der Waals surface area contributed by atoms with E-state index in [9.17, 15) is 9.90 Å². The van der Waals surface area contributed by atoms with Gasteiger partial charge in [0.15, 0.2) is 0 Å². The molecule has 0 spiro atoms. The number of nitrogens with one attached hydrogen (secondary N) is 1. The average molecular weight is 257 g/mol. The highest BCUT2D eigenvalue weighted by Gasteiger charge is 2.07. The Labute approximate surface area is 111 Å². The van der Waals surface area contributed by atoms with Crippen molar-refractivity contribution in [1.29, 1.82) is 0 Å². The van der Waals surface area contributed by atoms with E-state index in [1.807, 2.05) is 30.3 Å². The van der Waals surface area contributed by atoms with Gasteiger partial charge in [-0.25, -0.2) is 0 Å². The molecule has 0 aliphatic carbocycles. The minimum Gasteiger partial charge on any atom is -0.508 e. The van der Waals surface area contributed by atoms with Crippen molar-refractivity contribution in [3.8, 4) is 11.5 Å². The molecule has 19 heavy (non-hydrogen) atoms. The molecular formula is C15H15NO3. The summed E-state index contributed by atoms with van der Waals surface area (Å²) in [7, 11) is 0. The number of carbonyl (C=O) groups is 1. The van der Waals surface area contributed by atoms with Crippen molar-refractivity contribution in [3.05, 3.63) is 54.1 Å².